The number of carboxylic acids is 1. The number of aliphatic carboxylic acids is 1. The van der Waals surface area contributed by atoms with E-state index in [-0.39, 0.29) is 0 Å². The second-order valence-corrected chi connectivity index (χ2v) is 6.56. The van der Waals surface area contributed by atoms with Crippen molar-refractivity contribution >= 4 is 12.1 Å². The number of carboxylic acid groups (broad SMARTS) is 1. The fraction of sp³-hybridized carbons (Fsp3) is 0.857. The summed E-state index contributed by atoms with van der Waals surface area (Å²) in [5.74, 6) is -0.424. The molecule has 0 atom stereocenters. The molecule has 1 aliphatic carbocycles. The largest absolute Gasteiger partial charge is 0.479 e. The van der Waals surface area contributed by atoms with Crippen LogP contribution in [0.4, 0.5) is 4.79 Å². The molecular weight excluding hydrogens is 246 g/mol. The lowest BCUT2D eigenvalue weighted by Gasteiger charge is -2.42. The van der Waals surface area contributed by atoms with Gasteiger partial charge in [-0.2, -0.15) is 0 Å². The first-order valence-corrected chi connectivity index (χ1v) is 6.79. The molecule has 19 heavy (non-hydrogen) atoms. The van der Waals surface area contributed by atoms with E-state index in [1.54, 1.807) is 20.8 Å². The zero-order valence-electron chi connectivity index (χ0n) is 12.5. The summed E-state index contributed by atoms with van der Waals surface area (Å²) >= 11 is 0. The van der Waals surface area contributed by atoms with Gasteiger partial charge in [0, 0.05) is 7.05 Å². The van der Waals surface area contributed by atoms with Crippen molar-refractivity contribution in [2.45, 2.75) is 64.5 Å². The van der Waals surface area contributed by atoms with Crippen molar-refractivity contribution in [1.82, 2.24) is 4.90 Å². The summed E-state index contributed by atoms with van der Waals surface area (Å²) in [6.07, 6.45) is 2.04. The predicted molar refractivity (Wildman–Crippen MR) is 72.0 cm³/mol. The van der Waals surface area contributed by atoms with Crippen molar-refractivity contribution in [3.63, 3.8) is 0 Å². The van der Waals surface area contributed by atoms with Gasteiger partial charge >= 0.3 is 12.1 Å². The molecule has 0 aromatic heterocycles. The molecule has 1 saturated carbocycles. The minimum Gasteiger partial charge on any atom is -0.479 e. The lowest BCUT2D eigenvalue weighted by Crippen LogP contribution is -2.57. The minimum atomic E-state index is -1.12. The molecule has 5 heteroatoms. The van der Waals surface area contributed by atoms with Gasteiger partial charge in [-0.3, -0.25) is 4.90 Å². The van der Waals surface area contributed by atoms with E-state index in [0.717, 1.165) is 12.8 Å². The van der Waals surface area contributed by atoms with Gasteiger partial charge in [0.1, 0.15) is 11.1 Å². The number of amides is 1. The number of carbonyl (C=O) groups excluding carboxylic acids is 1. The fourth-order valence-corrected chi connectivity index (χ4v) is 2.44. The Hall–Kier alpha value is -1.26. The van der Waals surface area contributed by atoms with E-state index < -0.39 is 23.2 Å². The van der Waals surface area contributed by atoms with Gasteiger partial charge in [-0.15, -0.1) is 0 Å². The Balaban J connectivity index is 2.88. The molecule has 0 radical (unpaired) electrons. The molecular formula is C14H25NO4. The molecule has 1 aliphatic rings. The third-order valence-corrected chi connectivity index (χ3v) is 3.81. The second kappa shape index (κ2) is 5.39. The zero-order valence-corrected chi connectivity index (χ0v) is 12.5. The summed E-state index contributed by atoms with van der Waals surface area (Å²) in [5.41, 5.74) is -1.73. The first kappa shape index (κ1) is 15.8. The standard InChI is InChI=1S/C14H25NO4/c1-10-6-8-14(9-7-10,11(16)17)15(5)12(18)19-13(2,3)4/h10H,6-9H2,1-5H3,(H,16,17). The average molecular weight is 271 g/mol. The van der Waals surface area contributed by atoms with E-state index >= 15 is 0 Å². The van der Waals surface area contributed by atoms with Crippen LogP contribution in [0, 0.1) is 5.92 Å². The number of hydrogen-bond donors (Lipinski definition) is 1. The summed E-state index contributed by atoms with van der Waals surface area (Å²) < 4.78 is 5.28. The minimum absolute atomic E-state index is 0.485. The number of ether oxygens (including phenoxy) is 1. The predicted octanol–water partition coefficient (Wildman–Crippen LogP) is 2.89. The third-order valence-electron chi connectivity index (χ3n) is 3.81. The van der Waals surface area contributed by atoms with E-state index in [9.17, 15) is 14.7 Å². The van der Waals surface area contributed by atoms with Crippen molar-refractivity contribution in [3.05, 3.63) is 0 Å². The molecule has 0 heterocycles. The second-order valence-electron chi connectivity index (χ2n) is 6.56. The maximum Gasteiger partial charge on any atom is 0.410 e. The van der Waals surface area contributed by atoms with Crippen molar-refractivity contribution in [2.75, 3.05) is 7.05 Å². The van der Waals surface area contributed by atoms with Gasteiger partial charge in [0.25, 0.3) is 0 Å². The number of carbonyl (C=O) groups is 2. The summed E-state index contributed by atoms with van der Waals surface area (Å²) in [5, 5.41) is 9.54. The molecule has 0 aliphatic heterocycles. The lowest BCUT2D eigenvalue weighted by atomic mass is 9.76. The third kappa shape index (κ3) is 3.61. The van der Waals surface area contributed by atoms with Crippen LogP contribution in [0.5, 0.6) is 0 Å². The molecule has 1 fully saturated rings. The molecule has 0 saturated heterocycles. The molecule has 0 aromatic carbocycles. The molecule has 1 N–H and O–H groups in total. The van der Waals surface area contributed by atoms with E-state index in [2.05, 4.69) is 6.92 Å². The summed E-state index contributed by atoms with van der Waals surface area (Å²) in [6.45, 7) is 7.43. The van der Waals surface area contributed by atoms with Crippen LogP contribution in [-0.2, 0) is 9.53 Å². The van der Waals surface area contributed by atoms with Crippen molar-refractivity contribution in [2.24, 2.45) is 5.92 Å². The summed E-state index contributed by atoms with van der Waals surface area (Å²) in [4.78, 5) is 25.0. The van der Waals surface area contributed by atoms with E-state index in [1.165, 1.54) is 11.9 Å². The lowest BCUT2D eigenvalue weighted by molar-refractivity contribution is -0.153. The first-order chi connectivity index (χ1) is 8.58. The van der Waals surface area contributed by atoms with Gasteiger partial charge in [0.05, 0.1) is 0 Å². The maximum atomic E-state index is 12.1. The first-order valence-electron chi connectivity index (χ1n) is 6.79. The van der Waals surface area contributed by atoms with Gasteiger partial charge < -0.3 is 9.84 Å². The van der Waals surface area contributed by atoms with Crippen LogP contribution in [0.2, 0.25) is 0 Å². The highest BCUT2D eigenvalue weighted by atomic mass is 16.6. The fourth-order valence-electron chi connectivity index (χ4n) is 2.44. The van der Waals surface area contributed by atoms with E-state index in [0.29, 0.717) is 18.8 Å². The van der Waals surface area contributed by atoms with E-state index in [4.69, 9.17) is 4.74 Å². The Kier molecular flexibility index (Phi) is 4.48. The Morgan fingerprint density at radius 1 is 1.26 bits per heavy atom. The van der Waals surface area contributed by atoms with Crippen LogP contribution >= 0.6 is 0 Å². The molecule has 0 aromatic rings. The van der Waals surface area contributed by atoms with Crippen LogP contribution in [0.15, 0.2) is 0 Å². The normalized spacial score (nSPS) is 27.7. The SMILES string of the molecule is CC1CCC(C(=O)O)(N(C)C(=O)OC(C)(C)C)CC1. The highest BCUT2D eigenvalue weighted by molar-refractivity contribution is 5.84. The zero-order chi connectivity index (χ0) is 14.8. The van der Waals surface area contributed by atoms with Crippen LogP contribution in [0.1, 0.15) is 53.4 Å². The molecule has 0 spiro atoms. The van der Waals surface area contributed by atoms with Crippen molar-refractivity contribution in [1.29, 1.82) is 0 Å². The van der Waals surface area contributed by atoms with Crippen molar-refractivity contribution in [3.8, 4) is 0 Å². The number of rotatable bonds is 2. The van der Waals surface area contributed by atoms with E-state index in [1.807, 2.05) is 0 Å². The van der Waals surface area contributed by atoms with Gasteiger partial charge in [0.2, 0.25) is 0 Å². The number of likely N-dealkylation sites (N-methyl/N-ethyl adjacent to an activating group) is 1. The van der Waals surface area contributed by atoms with Gasteiger partial charge in [0.15, 0.2) is 0 Å². The quantitative estimate of drug-likeness (QED) is 0.838. The van der Waals surface area contributed by atoms with Crippen LogP contribution in [0.3, 0.4) is 0 Å². The van der Waals surface area contributed by atoms with Crippen LogP contribution in [0.25, 0.3) is 0 Å². The van der Waals surface area contributed by atoms with Crippen LogP contribution in [-0.4, -0.2) is 40.3 Å². The molecule has 1 amide bonds. The Morgan fingerprint density at radius 3 is 2.11 bits per heavy atom. The van der Waals surface area contributed by atoms with Crippen LogP contribution < -0.4 is 0 Å². The van der Waals surface area contributed by atoms with Gasteiger partial charge in [-0.1, -0.05) is 6.92 Å². The van der Waals surface area contributed by atoms with Crippen molar-refractivity contribution < 1.29 is 19.4 Å². The molecule has 5 nitrogen and oxygen atoms in total. The monoisotopic (exact) mass is 271 g/mol. The highest BCUT2D eigenvalue weighted by Gasteiger charge is 2.47. The number of hydrogen-bond acceptors (Lipinski definition) is 3. The summed E-state index contributed by atoms with van der Waals surface area (Å²) in [6, 6.07) is 0. The summed E-state index contributed by atoms with van der Waals surface area (Å²) in [7, 11) is 1.53. The Labute approximate surface area is 114 Å². The highest BCUT2D eigenvalue weighted by Crippen LogP contribution is 2.36. The molecule has 110 valence electrons. The molecule has 0 unspecified atom stereocenters. The smallest absolute Gasteiger partial charge is 0.410 e. The van der Waals surface area contributed by atoms with Gasteiger partial charge in [-0.25, -0.2) is 9.59 Å². The number of nitrogens with zero attached hydrogens (tertiary/aromatic N) is 1. The molecule has 1 rings (SSSR count). The average Bonchev–Trinajstić information content (AvgIpc) is 2.26. The molecule has 0 bridgehead atoms. The van der Waals surface area contributed by atoms with Gasteiger partial charge in [-0.05, 0) is 52.4 Å². The Bertz CT molecular complexity index is 351. The Morgan fingerprint density at radius 2 is 1.74 bits per heavy atom. The maximum absolute atomic E-state index is 12.1. The topological polar surface area (TPSA) is 66.8 Å².